The van der Waals surface area contributed by atoms with E-state index in [1.165, 1.54) is 12.1 Å². The Morgan fingerprint density at radius 1 is 1.56 bits per heavy atom. The van der Waals surface area contributed by atoms with Gasteiger partial charge in [-0.05, 0) is 6.07 Å². The van der Waals surface area contributed by atoms with Crippen LogP contribution in [0.4, 0.5) is 11.4 Å². The van der Waals surface area contributed by atoms with Gasteiger partial charge in [0.25, 0.3) is 5.69 Å². The summed E-state index contributed by atoms with van der Waals surface area (Å²) in [5.41, 5.74) is 8.75. The molecule has 10 heteroatoms. The van der Waals surface area contributed by atoms with Crippen molar-refractivity contribution in [2.75, 3.05) is 0 Å². The maximum absolute atomic E-state index is 11.3. The van der Waals surface area contributed by atoms with Gasteiger partial charge in [0.1, 0.15) is 5.69 Å². The number of nitrogens with two attached hydrogens (primary N) is 1. The van der Waals surface area contributed by atoms with Crippen LogP contribution in [-0.4, -0.2) is 28.4 Å². The molecule has 0 aliphatic carbocycles. The highest BCUT2D eigenvalue weighted by Gasteiger charge is 2.24. The molecular weight excluding hydrogens is 328 g/mol. The van der Waals surface area contributed by atoms with Gasteiger partial charge in [-0.3, -0.25) is 25.0 Å². The van der Waals surface area contributed by atoms with Crippen molar-refractivity contribution in [2.45, 2.75) is 26.7 Å². The van der Waals surface area contributed by atoms with Crippen LogP contribution in [0.25, 0.3) is 0 Å². The fourth-order valence-corrected chi connectivity index (χ4v) is 2.31. The van der Waals surface area contributed by atoms with E-state index >= 15 is 0 Å². The van der Waals surface area contributed by atoms with E-state index in [9.17, 15) is 19.7 Å². The van der Waals surface area contributed by atoms with Crippen LogP contribution >= 0.6 is 0 Å². The van der Waals surface area contributed by atoms with Crippen LogP contribution in [0.5, 0.6) is 0 Å². The Morgan fingerprint density at radius 3 is 2.88 bits per heavy atom. The summed E-state index contributed by atoms with van der Waals surface area (Å²) in [6.07, 6.45) is 0.462. The lowest BCUT2D eigenvalue weighted by Gasteiger charge is -2.19. The van der Waals surface area contributed by atoms with Crippen LogP contribution in [0.3, 0.4) is 0 Å². The predicted molar refractivity (Wildman–Crippen MR) is 91.3 cm³/mol. The number of amides is 2. The number of nitro groups is 1. The second-order valence-electron chi connectivity index (χ2n) is 5.50. The monoisotopic (exact) mass is 346 g/mol. The first-order valence-electron chi connectivity index (χ1n) is 7.61. The molecule has 0 radical (unpaired) electrons. The highest BCUT2D eigenvalue weighted by atomic mass is 16.6. The summed E-state index contributed by atoms with van der Waals surface area (Å²) < 4.78 is 0. The number of benzene rings is 1. The highest BCUT2D eigenvalue weighted by Crippen LogP contribution is 2.30. The number of hydrogen-bond acceptors (Lipinski definition) is 6. The molecule has 1 heterocycles. The Hall–Kier alpha value is -3.30. The van der Waals surface area contributed by atoms with E-state index in [0.717, 1.165) is 0 Å². The lowest BCUT2D eigenvalue weighted by molar-refractivity contribution is -0.384. The molecule has 1 aromatic rings. The molecule has 2 amide bonds. The summed E-state index contributed by atoms with van der Waals surface area (Å²) >= 11 is 0. The van der Waals surface area contributed by atoms with Gasteiger partial charge in [-0.15, -0.1) is 0 Å². The molecule has 0 fully saturated rings. The van der Waals surface area contributed by atoms with Crippen LogP contribution < -0.4 is 16.5 Å². The van der Waals surface area contributed by atoms with Crippen molar-refractivity contribution in [2.24, 2.45) is 21.7 Å². The zero-order chi connectivity index (χ0) is 18.6. The molecule has 1 unspecified atom stereocenters. The number of guanidine groups is 1. The molecule has 132 valence electrons. The van der Waals surface area contributed by atoms with Gasteiger partial charge in [0.15, 0.2) is 0 Å². The molecule has 2 rings (SSSR count). The van der Waals surface area contributed by atoms with Gasteiger partial charge in [0.05, 0.1) is 10.6 Å². The van der Waals surface area contributed by atoms with Crippen molar-refractivity contribution < 1.29 is 14.5 Å². The van der Waals surface area contributed by atoms with E-state index < -0.39 is 4.92 Å². The summed E-state index contributed by atoms with van der Waals surface area (Å²) in [5, 5.41) is 17.7. The van der Waals surface area contributed by atoms with Crippen molar-refractivity contribution in [1.29, 1.82) is 0 Å². The first kappa shape index (κ1) is 18.0. The molecule has 1 aliphatic rings. The maximum atomic E-state index is 11.3. The minimum absolute atomic E-state index is 0.00995. The molecule has 1 atom stereocenters. The fourth-order valence-electron chi connectivity index (χ4n) is 2.31. The number of rotatable bonds is 4. The Balaban J connectivity index is 2.38. The number of nitrogens with one attached hydrogen (secondary N) is 2. The standard InChI is InChI=1S/C15H18N6O4/c1-3-12(22)18-15(16)17-10-5-4-9(7-11(10)21(24)25)14-8(2)6-13(23)19-20-14/h4-5,7-8H,3,6H2,1-2H3,(H,19,23)(H3,16,17,18,22). The van der Waals surface area contributed by atoms with Crippen LogP contribution in [0.1, 0.15) is 32.3 Å². The summed E-state index contributed by atoms with van der Waals surface area (Å²) in [5.74, 6) is -0.942. The Kier molecular flexibility index (Phi) is 5.42. The van der Waals surface area contributed by atoms with Gasteiger partial charge in [0, 0.05) is 30.4 Å². The highest BCUT2D eigenvalue weighted by molar-refractivity contribution is 6.06. The number of nitro benzene ring substituents is 1. The van der Waals surface area contributed by atoms with Gasteiger partial charge in [-0.1, -0.05) is 19.9 Å². The van der Waals surface area contributed by atoms with Crippen LogP contribution in [0.15, 0.2) is 28.3 Å². The lowest BCUT2D eigenvalue weighted by Crippen LogP contribution is -2.36. The molecule has 25 heavy (non-hydrogen) atoms. The van der Waals surface area contributed by atoms with Crippen molar-refractivity contribution in [3.8, 4) is 0 Å². The van der Waals surface area contributed by atoms with E-state index in [1.54, 1.807) is 13.0 Å². The lowest BCUT2D eigenvalue weighted by atomic mass is 9.93. The molecule has 0 aromatic heterocycles. The number of carbonyl (C=O) groups excluding carboxylic acids is 2. The molecule has 1 aromatic carbocycles. The van der Waals surface area contributed by atoms with E-state index in [-0.39, 0.29) is 47.9 Å². The topological polar surface area (TPSA) is 152 Å². The number of hydrogen-bond donors (Lipinski definition) is 3. The second-order valence-corrected chi connectivity index (χ2v) is 5.50. The van der Waals surface area contributed by atoms with Crippen LogP contribution in [0.2, 0.25) is 0 Å². The third kappa shape index (κ3) is 4.37. The summed E-state index contributed by atoms with van der Waals surface area (Å²) in [7, 11) is 0. The first-order valence-corrected chi connectivity index (χ1v) is 7.61. The number of hydrazone groups is 1. The van der Waals surface area contributed by atoms with Crippen molar-refractivity contribution in [1.82, 2.24) is 10.7 Å². The third-order valence-corrected chi connectivity index (χ3v) is 3.56. The summed E-state index contributed by atoms with van der Waals surface area (Å²) in [6, 6.07) is 4.35. The van der Waals surface area contributed by atoms with Gasteiger partial charge in [-0.2, -0.15) is 5.10 Å². The van der Waals surface area contributed by atoms with Crippen molar-refractivity contribution >= 4 is 34.9 Å². The summed E-state index contributed by atoms with van der Waals surface area (Å²) in [6.45, 7) is 3.46. The van der Waals surface area contributed by atoms with E-state index in [4.69, 9.17) is 5.73 Å². The molecule has 4 N–H and O–H groups in total. The fraction of sp³-hybridized carbons (Fsp3) is 0.333. The van der Waals surface area contributed by atoms with E-state index in [2.05, 4.69) is 20.8 Å². The molecule has 1 aliphatic heterocycles. The zero-order valence-corrected chi connectivity index (χ0v) is 13.8. The second kappa shape index (κ2) is 7.51. The minimum Gasteiger partial charge on any atom is -0.369 e. The normalized spacial score (nSPS) is 17.5. The van der Waals surface area contributed by atoms with Gasteiger partial charge >= 0.3 is 0 Å². The molecule has 0 spiro atoms. The zero-order valence-electron chi connectivity index (χ0n) is 13.8. The molecular formula is C15H18N6O4. The molecule has 0 bridgehead atoms. The largest absolute Gasteiger partial charge is 0.369 e. The van der Waals surface area contributed by atoms with Crippen LogP contribution in [-0.2, 0) is 9.59 Å². The third-order valence-electron chi connectivity index (χ3n) is 3.56. The Labute approximate surface area is 143 Å². The van der Waals surface area contributed by atoms with Crippen LogP contribution in [0, 0.1) is 16.0 Å². The Bertz CT molecular complexity index is 786. The first-order chi connectivity index (χ1) is 11.8. The van der Waals surface area contributed by atoms with Crippen molar-refractivity contribution in [3.63, 3.8) is 0 Å². The average Bonchev–Trinajstić information content (AvgIpc) is 2.55. The van der Waals surface area contributed by atoms with Crippen molar-refractivity contribution in [3.05, 3.63) is 33.9 Å². The predicted octanol–water partition coefficient (Wildman–Crippen LogP) is 0.927. The molecule has 0 saturated heterocycles. The molecule has 0 saturated carbocycles. The number of nitrogens with zero attached hydrogens (tertiary/aromatic N) is 3. The number of carbonyl (C=O) groups is 2. The molecule has 10 nitrogen and oxygen atoms in total. The van der Waals surface area contributed by atoms with Gasteiger partial charge in [0.2, 0.25) is 17.8 Å². The minimum atomic E-state index is -0.593. The SMILES string of the molecule is CCC(=O)NC(N)=Nc1ccc(C2=NNC(=O)CC2C)cc1[N+](=O)[O-]. The smallest absolute Gasteiger partial charge is 0.295 e. The van der Waals surface area contributed by atoms with Gasteiger partial charge in [-0.25, -0.2) is 10.4 Å². The Morgan fingerprint density at radius 2 is 2.28 bits per heavy atom. The van der Waals surface area contributed by atoms with Gasteiger partial charge < -0.3 is 5.73 Å². The summed E-state index contributed by atoms with van der Waals surface area (Å²) in [4.78, 5) is 37.3. The van der Waals surface area contributed by atoms with E-state index in [1.807, 2.05) is 6.92 Å². The maximum Gasteiger partial charge on any atom is 0.295 e. The number of aliphatic imine (C=N–C) groups is 1. The quantitative estimate of drug-likeness (QED) is 0.320. The average molecular weight is 346 g/mol. The van der Waals surface area contributed by atoms with E-state index in [0.29, 0.717) is 11.3 Å².